The van der Waals surface area contributed by atoms with Crippen molar-refractivity contribution in [1.29, 1.82) is 0 Å². The molecule has 1 amide bonds. The van der Waals surface area contributed by atoms with Gasteiger partial charge < -0.3 is 10.3 Å². The first-order chi connectivity index (χ1) is 11.5. The van der Waals surface area contributed by atoms with Crippen LogP contribution in [-0.4, -0.2) is 37.4 Å². The lowest BCUT2D eigenvalue weighted by molar-refractivity contribution is 0.0950. The molecular formula is C18H22N2O3S. The van der Waals surface area contributed by atoms with Gasteiger partial charge >= 0.3 is 0 Å². The molecule has 0 saturated carbocycles. The number of hydrogen-bond acceptors (Lipinski definition) is 3. The first-order valence-corrected chi connectivity index (χ1v) is 10.5. The van der Waals surface area contributed by atoms with E-state index in [9.17, 15) is 13.2 Å². The summed E-state index contributed by atoms with van der Waals surface area (Å²) in [6.07, 6.45) is 5.15. The number of nitrogens with one attached hydrogen (secondary N) is 2. The van der Waals surface area contributed by atoms with E-state index in [2.05, 4.69) is 16.4 Å². The standard InChI is InChI=1S/C18H22N2O3S/c21-18(19-10-12-8-9-24(22,23)11-12)15-6-3-5-14-13-4-1-2-7-16(13)20-17(14)15/h3,5-6,12,20H,1-2,4,7-11H2,(H,19,21). The van der Waals surface area contributed by atoms with Crippen LogP contribution in [0.3, 0.4) is 0 Å². The van der Waals surface area contributed by atoms with E-state index in [0.29, 0.717) is 18.5 Å². The summed E-state index contributed by atoms with van der Waals surface area (Å²) in [4.78, 5) is 16.1. The molecule has 1 aromatic heterocycles. The Balaban J connectivity index is 1.55. The molecule has 6 heteroatoms. The maximum Gasteiger partial charge on any atom is 0.253 e. The predicted molar refractivity (Wildman–Crippen MR) is 94.0 cm³/mol. The highest BCUT2D eigenvalue weighted by Crippen LogP contribution is 2.30. The van der Waals surface area contributed by atoms with E-state index in [-0.39, 0.29) is 23.3 Å². The molecular weight excluding hydrogens is 324 g/mol. The molecule has 1 fully saturated rings. The summed E-state index contributed by atoms with van der Waals surface area (Å²) in [6.45, 7) is 0.425. The van der Waals surface area contributed by atoms with Crippen molar-refractivity contribution in [3.8, 4) is 0 Å². The summed E-state index contributed by atoms with van der Waals surface area (Å²) < 4.78 is 23.1. The number of aryl methyl sites for hydroxylation is 2. The van der Waals surface area contributed by atoms with Crippen LogP contribution in [0.1, 0.15) is 40.9 Å². The fraction of sp³-hybridized carbons (Fsp3) is 0.500. The van der Waals surface area contributed by atoms with Crippen molar-refractivity contribution in [2.45, 2.75) is 32.1 Å². The number of amides is 1. The molecule has 1 aromatic carbocycles. The number of aromatic nitrogens is 1. The van der Waals surface area contributed by atoms with Crippen molar-refractivity contribution in [3.05, 3.63) is 35.0 Å². The van der Waals surface area contributed by atoms with E-state index >= 15 is 0 Å². The lowest BCUT2D eigenvalue weighted by atomic mass is 9.95. The third kappa shape index (κ3) is 2.83. The predicted octanol–water partition coefficient (Wildman–Crippen LogP) is 2.21. The molecule has 1 aliphatic heterocycles. The van der Waals surface area contributed by atoms with E-state index in [1.807, 2.05) is 12.1 Å². The smallest absolute Gasteiger partial charge is 0.253 e. The SMILES string of the molecule is O=C(NCC1CCS(=O)(=O)C1)c1cccc2c3c([nH]c12)CCCC3. The number of hydrogen-bond donors (Lipinski definition) is 2. The quantitative estimate of drug-likeness (QED) is 0.894. The van der Waals surface area contributed by atoms with Crippen LogP contribution >= 0.6 is 0 Å². The summed E-state index contributed by atoms with van der Waals surface area (Å²) in [5.41, 5.74) is 4.19. The first kappa shape index (κ1) is 15.7. The number of H-pyrrole nitrogens is 1. The minimum atomic E-state index is -2.90. The molecule has 1 unspecified atom stereocenters. The summed E-state index contributed by atoms with van der Waals surface area (Å²) >= 11 is 0. The van der Waals surface area contributed by atoms with Crippen molar-refractivity contribution < 1.29 is 13.2 Å². The lowest BCUT2D eigenvalue weighted by Gasteiger charge is -2.10. The second-order valence-electron chi connectivity index (χ2n) is 7.00. The maximum absolute atomic E-state index is 12.6. The number of benzene rings is 1. The molecule has 0 bridgehead atoms. The van der Waals surface area contributed by atoms with Gasteiger partial charge in [0, 0.05) is 17.6 Å². The Kier molecular flexibility index (Phi) is 3.87. The van der Waals surface area contributed by atoms with Crippen LogP contribution in [0.2, 0.25) is 0 Å². The van der Waals surface area contributed by atoms with Crippen molar-refractivity contribution in [2.75, 3.05) is 18.1 Å². The number of carbonyl (C=O) groups excluding carboxylic acids is 1. The largest absolute Gasteiger partial charge is 0.358 e. The Morgan fingerprint density at radius 1 is 1.25 bits per heavy atom. The Morgan fingerprint density at radius 3 is 2.88 bits per heavy atom. The topological polar surface area (TPSA) is 79.0 Å². The van der Waals surface area contributed by atoms with E-state index < -0.39 is 9.84 Å². The number of para-hydroxylation sites is 1. The third-order valence-electron chi connectivity index (χ3n) is 5.26. The second-order valence-corrected chi connectivity index (χ2v) is 9.23. The zero-order valence-corrected chi connectivity index (χ0v) is 14.4. The molecule has 1 atom stereocenters. The fourth-order valence-corrected chi connectivity index (χ4v) is 5.85. The van der Waals surface area contributed by atoms with Crippen LogP contribution in [-0.2, 0) is 22.7 Å². The highest BCUT2D eigenvalue weighted by Gasteiger charge is 2.28. The summed E-state index contributed by atoms with van der Waals surface area (Å²) in [6, 6.07) is 5.85. The fourth-order valence-electron chi connectivity index (χ4n) is 3.98. The zero-order chi connectivity index (χ0) is 16.7. The minimum absolute atomic E-state index is 0.0370. The van der Waals surface area contributed by atoms with E-state index in [4.69, 9.17) is 0 Å². The Labute approximate surface area is 141 Å². The zero-order valence-electron chi connectivity index (χ0n) is 13.6. The van der Waals surface area contributed by atoms with Crippen LogP contribution in [0.4, 0.5) is 0 Å². The molecule has 24 heavy (non-hydrogen) atoms. The van der Waals surface area contributed by atoms with Crippen LogP contribution in [0.25, 0.3) is 10.9 Å². The first-order valence-electron chi connectivity index (χ1n) is 8.64. The van der Waals surface area contributed by atoms with Gasteiger partial charge in [0.2, 0.25) is 0 Å². The van der Waals surface area contributed by atoms with Gasteiger partial charge in [0.05, 0.1) is 22.6 Å². The molecule has 1 saturated heterocycles. The monoisotopic (exact) mass is 346 g/mol. The summed E-state index contributed by atoms with van der Waals surface area (Å²) in [5.74, 6) is 0.347. The highest BCUT2D eigenvalue weighted by atomic mass is 32.2. The van der Waals surface area contributed by atoms with E-state index in [1.165, 1.54) is 24.1 Å². The molecule has 0 spiro atoms. The van der Waals surface area contributed by atoms with Crippen LogP contribution in [0.5, 0.6) is 0 Å². The van der Waals surface area contributed by atoms with Gasteiger partial charge in [-0.1, -0.05) is 12.1 Å². The average molecular weight is 346 g/mol. The van der Waals surface area contributed by atoms with Crippen LogP contribution in [0, 0.1) is 5.92 Å². The second kappa shape index (κ2) is 5.92. The number of sulfone groups is 1. The van der Waals surface area contributed by atoms with Gasteiger partial charge in [-0.25, -0.2) is 8.42 Å². The molecule has 2 aromatic rings. The summed E-state index contributed by atoms with van der Waals surface area (Å²) in [5, 5.41) is 4.08. The minimum Gasteiger partial charge on any atom is -0.358 e. The highest BCUT2D eigenvalue weighted by molar-refractivity contribution is 7.91. The average Bonchev–Trinajstić information content (AvgIpc) is 3.12. The molecule has 2 heterocycles. The van der Waals surface area contributed by atoms with Gasteiger partial charge in [-0.05, 0) is 49.7 Å². The third-order valence-corrected chi connectivity index (χ3v) is 7.09. The van der Waals surface area contributed by atoms with Crippen LogP contribution < -0.4 is 5.32 Å². The van der Waals surface area contributed by atoms with Crippen molar-refractivity contribution in [2.24, 2.45) is 5.92 Å². The number of rotatable bonds is 3. The molecule has 4 rings (SSSR count). The van der Waals surface area contributed by atoms with E-state index in [1.54, 1.807) is 0 Å². The molecule has 5 nitrogen and oxygen atoms in total. The number of carbonyl (C=O) groups is 1. The maximum atomic E-state index is 12.6. The Morgan fingerprint density at radius 2 is 2.08 bits per heavy atom. The molecule has 2 N–H and O–H groups in total. The molecule has 2 aliphatic rings. The van der Waals surface area contributed by atoms with Gasteiger partial charge in [0.25, 0.3) is 5.91 Å². The lowest BCUT2D eigenvalue weighted by Crippen LogP contribution is -2.30. The summed E-state index contributed by atoms with van der Waals surface area (Å²) in [7, 11) is -2.90. The molecule has 0 radical (unpaired) electrons. The number of aromatic amines is 1. The van der Waals surface area contributed by atoms with E-state index in [0.717, 1.165) is 23.7 Å². The van der Waals surface area contributed by atoms with Crippen molar-refractivity contribution in [3.63, 3.8) is 0 Å². The Hall–Kier alpha value is -1.82. The molecule has 128 valence electrons. The molecule has 1 aliphatic carbocycles. The van der Waals surface area contributed by atoms with Gasteiger partial charge in [-0.3, -0.25) is 4.79 Å². The van der Waals surface area contributed by atoms with Crippen LogP contribution in [0.15, 0.2) is 18.2 Å². The van der Waals surface area contributed by atoms with Gasteiger partial charge in [-0.15, -0.1) is 0 Å². The van der Waals surface area contributed by atoms with Crippen molar-refractivity contribution in [1.82, 2.24) is 10.3 Å². The normalized spacial score (nSPS) is 22.4. The van der Waals surface area contributed by atoms with Gasteiger partial charge in [0.1, 0.15) is 0 Å². The van der Waals surface area contributed by atoms with Crippen molar-refractivity contribution >= 4 is 26.6 Å². The van der Waals surface area contributed by atoms with Gasteiger partial charge in [-0.2, -0.15) is 0 Å². The number of fused-ring (bicyclic) bond motifs is 3. The van der Waals surface area contributed by atoms with Gasteiger partial charge in [0.15, 0.2) is 9.84 Å². The Bertz CT molecular complexity index is 898.